The fraction of sp³-hybridized carbons (Fsp3) is 0.591. The number of nitrogens with zero attached hydrogens (tertiary/aromatic N) is 4. The van der Waals surface area contributed by atoms with Crippen LogP contribution in [0, 0.1) is 19.8 Å². The Bertz CT molecular complexity index is 981. The maximum absolute atomic E-state index is 13.1. The van der Waals surface area contributed by atoms with Crippen molar-refractivity contribution >= 4 is 29.3 Å². The van der Waals surface area contributed by atoms with Gasteiger partial charge in [0.2, 0.25) is 5.16 Å². The van der Waals surface area contributed by atoms with E-state index in [0.29, 0.717) is 30.6 Å². The van der Waals surface area contributed by atoms with Crippen LogP contribution in [0.25, 0.3) is 5.78 Å². The summed E-state index contributed by atoms with van der Waals surface area (Å²) in [5.74, 6) is 0.0197. The summed E-state index contributed by atoms with van der Waals surface area (Å²) >= 11 is 1.04. The molecule has 0 radical (unpaired) electrons. The van der Waals surface area contributed by atoms with E-state index >= 15 is 0 Å². The molecule has 0 amide bonds. The van der Waals surface area contributed by atoms with Crippen molar-refractivity contribution in [2.24, 2.45) is 5.92 Å². The van der Waals surface area contributed by atoms with E-state index in [-0.39, 0.29) is 18.1 Å². The number of hydrogen-bond acceptors (Lipinski definition) is 8. The highest BCUT2D eigenvalue weighted by Crippen LogP contribution is 2.45. The minimum Gasteiger partial charge on any atom is -0.457 e. The number of esters is 1. The van der Waals surface area contributed by atoms with Crippen molar-refractivity contribution in [1.82, 2.24) is 19.6 Å². The molecule has 1 aliphatic heterocycles. The molecule has 0 N–H and O–H groups in total. The average molecular weight is 445 g/mol. The lowest BCUT2D eigenvalue weighted by Gasteiger charge is -2.42. The lowest BCUT2D eigenvalue weighted by molar-refractivity contribution is -0.179. The summed E-state index contributed by atoms with van der Waals surface area (Å²) < 4.78 is 13.2. The number of aryl methyl sites for hydroxylation is 2. The third kappa shape index (κ3) is 4.52. The van der Waals surface area contributed by atoms with E-state index in [9.17, 15) is 9.59 Å². The molecule has 2 atom stereocenters. The Hall–Kier alpha value is -2.26. The van der Waals surface area contributed by atoms with Gasteiger partial charge in [-0.25, -0.2) is 9.50 Å². The summed E-state index contributed by atoms with van der Waals surface area (Å²) in [6.07, 6.45) is 6.56. The number of Topliss-reactive ketones (excluding diaryl/α,β-unsaturated/α-hetero) is 1. The zero-order valence-corrected chi connectivity index (χ0v) is 18.8. The number of aromatic nitrogens is 4. The van der Waals surface area contributed by atoms with Crippen molar-refractivity contribution in [3.05, 3.63) is 30.1 Å². The first kappa shape index (κ1) is 22.0. The van der Waals surface area contributed by atoms with Gasteiger partial charge >= 0.3 is 5.97 Å². The number of carbonyl (C=O) groups is 2. The Morgan fingerprint density at radius 1 is 1.32 bits per heavy atom. The Labute approximate surface area is 185 Å². The Morgan fingerprint density at radius 2 is 2.10 bits per heavy atom. The monoisotopic (exact) mass is 444 g/mol. The van der Waals surface area contributed by atoms with Gasteiger partial charge in [-0.1, -0.05) is 30.7 Å². The first-order valence-corrected chi connectivity index (χ1v) is 11.6. The van der Waals surface area contributed by atoms with E-state index in [1.165, 1.54) is 0 Å². The molecule has 0 bridgehead atoms. The molecule has 0 aromatic carbocycles. The average Bonchev–Trinajstić information content (AvgIpc) is 3.38. The molecule has 3 heterocycles. The van der Waals surface area contributed by atoms with E-state index in [4.69, 9.17) is 9.47 Å². The highest BCUT2D eigenvalue weighted by molar-refractivity contribution is 8.01. The standard InChI is InChI=1S/C22H28N4O4S/c1-4-10-29-11-9-22(16-7-5-6-8-16)13-17(27)18(19(28)30-22)31-21-24-20-23-14(2)12-15(3)26(20)25-21/h4,12,16,18H,1,5-11,13H2,2-3H3. The van der Waals surface area contributed by atoms with Gasteiger partial charge in [-0.05, 0) is 38.7 Å². The van der Waals surface area contributed by atoms with E-state index in [0.717, 1.165) is 48.8 Å². The Morgan fingerprint density at radius 3 is 2.81 bits per heavy atom. The maximum Gasteiger partial charge on any atom is 0.327 e. The topological polar surface area (TPSA) is 95.7 Å². The molecule has 2 aliphatic rings. The third-order valence-electron chi connectivity index (χ3n) is 6.11. The Balaban J connectivity index is 1.52. The van der Waals surface area contributed by atoms with Crippen molar-refractivity contribution in [3.8, 4) is 0 Å². The van der Waals surface area contributed by atoms with Gasteiger partial charge in [0, 0.05) is 24.2 Å². The van der Waals surface area contributed by atoms with Crippen molar-refractivity contribution in [2.45, 2.75) is 68.4 Å². The van der Waals surface area contributed by atoms with Crippen molar-refractivity contribution in [2.75, 3.05) is 13.2 Å². The predicted octanol–water partition coefficient (Wildman–Crippen LogP) is 3.24. The molecule has 9 heteroatoms. The maximum atomic E-state index is 13.1. The van der Waals surface area contributed by atoms with Crippen molar-refractivity contribution in [3.63, 3.8) is 0 Å². The number of fused-ring (bicyclic) bond motifs is 1. The van der Waals surface area contributed by atoms with Crippen LogP contribution in [0.4, 0.5) is 0 Å². The Kier molecular flexibility index (Phi) is 6.43. The van der Waals surface area contributed by atoms with Crippen LogP contribution in [-0.2, 0) is 19.1 Å². The van der Waals surface area contributed by atoms with E-state index in [2.05, 4.69) is 21.6 Å². The fourth-order valence-corrected chi connectivity index (χ4v) is 5.49. The van der Waals surface area contributed by atoms with Gasteiger partial charge in [0.05, 0.1) is 13.2 Å². The number of hydrogen-bond donors (Lipinski definition) is 0. The molecule has 2 aromatic rings. The van der Waals surface area contributed by atoms with Crippen LogP contribution >= 0.6 is 11.8 Å². The molecule has 1 saturated carbocycles. The molecule has 31 heavy (non-hydrogen) atoms. The van der Waals surface area contributed by atoms with Crippen LogP contribution in [0.1, 0.15) is 49.9 Å². The van der Waals surface area contributed by atoms with Gasteiger partial charge < -0.3 is 9.47 Å². The van der Waals surface area contributed by atoms with Gasteiger partial charge in [0.1, 0.15) is 5.60 Å². The number of thioether (sulfide) groups is 1. The van der Waals surface area contributed by atoms with Crippen molar-refractivity contribution in [1.29, 1.82) is 0 Å². The summed E-state index contributed by atoms with van der Waals surface area (Å²) in [5, 5.41) is 3.81. The predicted molar refractivity (Wildman–Crippen MR) is 116 cm³/mol. The summed E-state index contributed by atoms with van der Waals surface area (Å²) in [7, 11) is 0. The second-order valence-corrected chi connectivity index (χ2v) is 9.44. The second kappa shape index (κ2) is 9.08. The van der Waals surface area contributed by atoms with Gasteiger partial charge in [-0.15, -0.1) is 11.7 Å². The number of ether oxygens (including phenoxy) is 2. The smallest absolute Gasteiger partial charge is 0.327 e. The zero-order valence-electron chi connectivity index (χ0n) is 18.0. The van der Waals surface area contributed by atoms with E-state index < -0.39 is 16.8 Å². The van der Waals surface area contributed by atoms with Gasteiger partial charge in [0.25, 0.3) is 5.78 Å². The molecular formula is C22H28N4O4S. The second-order valence-electron chi connectivity index (χ2n) is 8.37. The molecule has 166 valence electrons. The molecule has 4 rings (SSSR count). The minimum absolute atomic E-state index is 0.128. The molecule has 2 unspecified atom stereocenters. The summed E-state index contributed by atoms with van der Waals surface area (Å²) in [4.78, 5) is 34.9. The fourth-order valence-electron chi connectivity index (χ4n) is 4.66. The van der Waals surface area contributed by atoms with Gasteiger partial charge in [-0.3, -0.25) is 9.59 Å². The molecule has 1 saturated heterocycles. The van der Waals surface area contributed by atoms with E-state index in [1.54, 1.807) is 10.6 Å². The van der Waals surface area contributed by atoms with Crippen LogP contribution < -0.4 is 0 Å². The number of cyclic esters (lactones) is 1. The van der Waals surface area contributed by atoms with Crippen LogP contribution in [0.3, 0.4) is 0 Å². The number of rotatable bonds is 8. The highest BCUT2D eigenvalue weighted by atomic mass is 32.2. The zero-order chi connectivity index (χ0) is 22.0. The SMILES string of the molecule is C=CCOCCC1(C2CCCC2)CC(=O)C(Sc2nc3nc(C)cc(C)n3n2)C(=O)O1. The van der Waals surface area contributed by atoms with Crippen LogP contribution in [0.5, 0.6) is 0 Å². The quantitative estimate of drug-likeness (QED) is 0.265. The highest BCUT2D eigenvalue weighted by Gasteiger charge is 2.52. The molecule has 0 spiro atoms. The van der Waals surface area contributed by atoms with Crippen LogP contribution in [0.15, 0.2) is 23.9 Å². The summed E-state index contributed by atoms with van der Waals surface area (Å²) in [6, 6.07) is 1.90. The minimum atomic E-state index is -0.956. The molecular weight excluding hydrogens is 416 g/mol. The molecule has 1 aliphatic carbocycles. The summed E-state index contributed by atoms with van der Waals surface area (Å²) in [5.41, 5.74) is 0.950. The van der Waals surface area contributed by atoms with Crippen LogP contribution in [-0.4, -0.2) is 55.4 Å². The van der Waals surface area contributed by atoms with Crippen LogP contribution in [0.2, 0.25) is 0 Å². The first-order valence-electron chi connectivity index (χ1n) is 10.7. The lowest BCUT2D eigenvalue weighted by Crippen LogP contribution is -2.53. The normalized spacial score (nSPS) is 24.6. The molecule has 2 fully saturated rings. The summed E-state index contributed by atoms with van der Waals surface area (Å²) in [6.45, 7) is 8.32. The van der Waals surface area contributed by atoms with Gasteiger partial charge in [-0.2, -0.15) is 4.98 Å². The number of carbonyl (C=O) groups excluding carboxylic acids is 2. The molecule has 8 nitrogen and oxygen atoms in total. The first-order chi connectivity index (χ1) is 14.9. The lowest BCUT2D eigenvalue weighted by atomic mass is 9.77. The van der Waals surface area contributed by atoms with Crippen molar-refractivity contribution < 1.29 is 19.1 Å². The van der Waals surface area contributed by atoms with Gasteiger partial charge in [0.15, 0.2) is 11.0 Å². The third-order valence-corrected chi connectivity index (χ3v) is 7.19. The van der Waals surface area contributed by atoms with E-state index in [1.807, 2.05) is 19.9 Å². The largest absolute Gasteiger partial charge is 0.457 e. The molecule has 2 aromatic heterocycles. The number of ketones is 1.